The molecule has 110 valence electrons. The van der Waals surface area contributed by atoms with E-state index >= 15 is 0 Å². The van der Waals surface area contributed by atoms with E-state index < -0.39 is 0 Å². The van der Waals surface area contributed by atoms with Crippen LogP contribution >= 0.6 is 0 Å². The number of carbonyl (C=O) groups is 1. The number of rotatable bonds is 6. The highest BCUT2D eigenvalue weighted by molar-refractivity contribution is 5.75. The van der Waals surface area contributed by atoms with E-state index in [-0.39, 0.29) is 12.5 Å². The van der Waals surface area contributed by atoms with Gasteiger partial charge in [-0.1, -0.05) is 24.3 Å². The largest absolute Gasteiger partial charge is 0.378 e. The van der Waals surface area contributed by atoms with Gasteiger partial charge in [0.15, 0.2) is 0 Å². The molecule has 0 saturated heterocycles. The van der Waals surface area contributed by atoms with Gasteiger partial charge in [-0.15, -0.1) is 0 Å². The fourth-order valence-electron chi connectivity index (χ4n) is 2.45. The van der Waals surface area contributed by atoms with Gasteiger partial charge >= 0.3 is 0 Å². The van der Waals surface area contributed by atoms with Crippen LogP contribution < -0.4 is 10.6 Å². The molecule has 21 heavy (non-hydrogen) atoms. The highest BCUT2D eigenvalue weighted by atomic mass is 16.1. The van der Waals surface area contributed by atoms with Crippen molar-refractivity contribution in [2.75, 3.05) is 12.4 Å². The second kappa shape index (κ2) is 5.99. The number of hydrogen-bond acceptors (Lipinski definition) is 3. The van der Waals surface area contributed by atoms with Gasteiger partial charge in [-0.2, -0.15) is 5.10 Å². The van der Waals surface area contributed by atoms with E-state index in [2.05, 4.69) is 40.0 Å². The quantitative estimate of drug-likeness (QED) is 0.854. The first kappa shape index (κ1) is 13.7. The standard InChI is InChI=1S/C16H20N4O/c1-17-16(21)11-20-10-14(9-19-20)18-8-13-4-2-3-5-15(13)12-6-7-12/h2-5,9-10,12,18H,6-8,11H2,1H3,(H,17,21). The number of carbonyl (C=O) groups excluding carboxylic acids is 1. The maximum absolute atomic E-state index is 11.3. The fourth-order valence-corrected chi connectivity index (χ4v) is 2.45. The monoisotopic (exact) mass is 284 g/mol. The summed E-state index contributed by atoms with van der Waals surface area (Å²) in [5, 5.41) is 10.1. The van der Waals surface area contributed by atoms with Crippen molar-refractivity contribution in [3.8, 4) is 0 Å². The zero-order valence-corrected chi connectivity index (χ0v) is 12.2. The minimum atomic E-state index is -0.0521. The Bertz CT molecular complexity index is 631. The minimum absolute atomic E-state index is 0.0521. The number of hydrogen-bond donors (Lipinski definition) is 2. The molecular weight excluding hydrogens is 264 g/mol. The number of benzene rings is 1. The van der Waals surface area contributed by atoms with Gasteiger partial charge in [0.1, 0.15) is 6.54 Å². The van der Waals surface area contributed by atoms with Crippen molar-refractivity contribution >= 4 is 11.6 Å². The Morgan fingerprint density at radius 1 is 1.38 bits per heavy atom. The van der Waals surface area contributed by atoms with Gasteiger partial charge in [0.05, 0.1) is 11.9 Å². The highest BCUT2D eigenvalue weighted by Gasteiger charge is 2.25. The number of aromatic nitrogens is 2. The molecule has 3 rings (SSSR count). The number of nitrogens with one attached hydrogen (secondary N) is 2. The minimum Gasteiger partial charge on any atom is -0.378 e. The second-order valence-corrected chi connectivity index (χ2v) is 5.43. The van der Waals surface area contributed by atoms with Crippen molar-refractivity contribution in [2.45, 2.75) is 31.8 Å². The Labute approximate surface area is 124 Å². The Hall–Kier alpha value is -2.30. The summed E-state index contributed by atoms with van der Waals surface area (Å²) >= 11 is 0. The molecule has 2 N–H and O–H groups in total. The van der Waals surface area contributed by atoms with E-state index in [9.17, 15) is 4.79 Å². The lowest BCUT2D eigenvalue weighted by molar-refractivity contribution is -0.121. The predicted molar refractivity (Wildman–Crippen MR) is 82.0 cm³/mol. The Kier molecular flexibility index (Phi) is 3.90. The van der Waals surface area contributed by atoms with Crippen molar-refractivity contribution < 1.29 is 4.79 Å². The van der Waals surface area contributed by atoms with Gasteiger partial charge in [-0.25, -0.2) is 0 Å². The van der Waals surface area contributed by atoms with Crippen LogP contribution in [-0.4, -0.2) is 22.7 Å². The summed E-state index contributed by atoms with van der Waals surface area (Å²) in [6, 6.07) is 8.59. The third-order valence-corrected chi connectivity index (χ3v) is 3.77. The lowest BCUT2D eigenvalue weighted by atomic mass is 10.0. The Morgan fingerprint density at radius 2 is 2.19 bits per heavy atom. The van der Waals surface area contributed by atoms with E-state index in [1.807, 2.05) is 6.20 Å². The van der Waals surface area contributed by atoms with Crippen molar-refractivity contribution in [1.29, 1.82) is 0 Å². The zero-order chi connectivity index (χ0) is 14.7. The van der Waals surface area contributed by atoms with Gasteiger partial charge in [0.25, 0.3) is 0 Å². The van der Waals surface area contributed by atoms with Crippen LogP contribution in [0, 0.1) is 0 Å². The topological polar surface area (TPSA) is 59.0 Å². The van der Waals surface area contributed by atoms with E-state index in [0.717, 1.165) is 18.2 Å². The summed E-state index contributed by atoms with van der Waals surface area (Å²) in [6.07, 6.45) is 6.22. The molecular formula is C16H20N4O. The average Bonchev–Trinajstić information content (AvgIpc) is 3.26. The molecule has 0 spiro atoms. The molecule has 0 radical (unpaired) electrons. The molecule has 0 aliphatic heterocycles. The van der Waals surface area contributed by atoms with E-state index in [1.54, 1.807) is 17.9 Å². The molecule has 1 aromatic carbocycles. The molecule has 1 fully saturated rings. The molecule has 1 aromatic heterocycles. The predicted octanol–water partition coefficient (Wildman–Crippen LogP) is 2.12. The number of amides is 1. The molecule has 1 aliphatic carbocycles. The smallest absolute Gasteiger partial charge is 0.241 e. The Balaban J connectivity index is 1.61. The van der Waals surface area contributed by atoms with E-state index in [0.29, 0.717) is 0 Å². The Morgan fingerprint density at radius 3 is 2.95 bits per heavy atom. The number of anilines is 1. The molecule has 1 saturated carbocycles. The van der Waals surface area contributed by atoms with Crippen LogP contribution in [-0.2, 0) is 17.9 Å². The zero-order valence-electron chi connectivity index (χ0n) is 12.2. The van der Waals surface area contributed by atoms with Crippen molar-refractivity contribution in [3.05, 3.63) is 47.8 Å². The summed E-state index contributed by atoms with van der Waals surface area (Å²) in [4.78, 5) is 11.3. The van der Waals surface area contributed by atoms with Gasteiger partial charge in [0, 0.05) is 19.8 Å². The molecule has 0 bridgehead atoms. The molecule has 1 amide bonds. The van der Waals surface area contributed by atoms with Crippen LogP contribution in [0.25, 0.3) is 0 Å². The number of likely N-dealkylation sites (N-methyl/N-ethyl adjacent to an activating group) is 1. The molecule has 1 heterocycles. The molecule has 0 unspecified atom stereocenters. The summed E-state index contributed by atoms with van der Waals surface area (Å²) < 4.78 is 1.63. The normalized spacial score (nSPS) is 14.0. The average molecular weight is 284 g/mol. The van der Waals surface area contributed by atoms with Gasteiger partial charge in [-0.3, -0.25) is 9.48 Å². The third kappa shape index (κ3) is 3.42. The summed E-state index contributed by atoms with van der Waals surface area (Å²) in [5.41, 5.74) is 3.74. The van der Waals surface area contributed by atoms with Gasteiger partial charge in [0.2, 0.25) is 5.91 Å². The van der Waals surface area contributed by atoms with E-state index in [1.165, 1.54) is 24.0 Å². The van der Waals surface area contributed by atoms with Crippen LogP contribution in [0.3, 0.4) is 0 Å². The summed E-state index contributed by atoms with van der Waals surface area (Å²) in [5.74, 6) is 0.697. The molecule has 5 nitrogen and oxygen atoms in total. The van der Waals surface area contributed by atoms with Crippen molar-refractivity contribution in [1.82, 2.24) is 15.1 Å². The van der Waals surface area contributed by atoms with E-state index in [4.69, 9.17) is 0 Å². The first-order valence-electron chi connectivity index (χ1n) is 7.31. The SMILES string of the molecule is CNC(=O)Cn1cc(NCc2ccccc2C2CC2)cn1. The fraction of sp³-hybridized carbons (Fsp3) is 0.375. The highest BCUT2D eigenvalue weighted by Crippen LogP contribution is 2.41. The van der Waals surface area contributed by atoms with Gasteiger partial charge < -0.3 is 10.6 Å². The first-order chi connectivity index (χ1) is 10.3. The molecule has 2 aromatic rings. The maximum Gasteiger partial charge on any atom is 0.241 e. The molecule has 1 aliphatic rings. The summed E-state index contributed by atoms with van der Waals surface area (Å²) in [7, 11) is 1.62. The van der Waals surface area contributed by atoms with Crippen LogP contribution in [0.1, 0.15) is 29.9 Å². The third-order valence-electron chi connectivity index (χ3n) is 3.77. The van der Waals surface area contributed by atoms with Gasteiger partial charge in [-0.05, 0) is 29.9 Å². The van der Waals surface area contributed by atoms with Crippen LogP contribution in [0.4, 0.5) is 5.69 Å². The maximum atomic E-state index is 11.3. The molecule has 0 atom stereocenters. The van der Waals surface area contributed by atoms with Crippen LogP contribution in [0.15, 0.2) is 36.7 Å². The first-order valence-corrected chi connectivity index (χ1v) is 7.31. The van der Waals surface area contributed by atoms with Crippen molar-refractivity contribution in [2.24, 2.45) is 0 Å². The second-order valence-electron chi connectivity index (χ2n) is 5.43. The van der Waals surface area contributed by atoms with Crippen LogP contribution in [0.5, 0.6) is 0 Å². The molecule has 5 heteroatoms. The van der Waals surface area contributed by atoms with Crippen molar-refractivity contribution in [3.63, 3.8) is 0 Å². The number of nitrogens with zero attached hydrogens (tertiary/aromatic N) is 2. The lowest BCUT2D eigenvalue weighted by Crippen LogP contribution is -2.23. The lowest BCUT2D eigenvalue weighted by Gasteiger charge is -2.09. The summed E-state index contributed by atoms with van der Waals surface area (Å²) in [6.45, 7) is 1.04. The van der Waals surface area contributed by atoms with Crippen LogP contribution in [0.2, 0.25) is 0 Å².